The maximum Gasteiger partial charge on any atom is 2.00 e. The van der Waals surface area contributed by atoms with E-state index >= 15 is 0 Å². The number of hydrogen-bond acceptors (Lipinski definition) is 2. The second-order valence-electron chi connectivity index (χ2n) is 1.93. The van der Waals surface area contributed by atoms with Crippen molar-refractivity contribution in [3.63, 3.8) is 0 Å². The molecule has 0 saturated carbocycles. The average molecular weight is 204 g/mol. The van der Waals surface area contributed by atoms with E-state index in [2.05, 4.69) is 0 Å². The van der Waals surface area contributed by atoms with Crippen molar-refractivity contribution in [1.82, 2.24) is 0 Å². The second-order valence-corrected chi connectivity index (χ2v) is 1.93. The minimum atomic E-state index is -1.60. The predicted octanol–water partition coefficient (Wildman–Crippen LogP) is -0.767. The smallest absolute Gasteiger partial charge is 0.865 e. The fraction of sp³-hybridized carbons (Fsp3) is 1.00. The monoisotopic (exact) mass is 204 g/mol. The topological polar surface area (TPSA) is 46.1 Å². The molecule has 2 nitrogen and oxygen atoms in total. The van der Waals surface area contributed by atoms with Gasteiger partial charge in [0.15, 0.2) is 0 Å². The predicted molar refractivity (Wildman–Crippen MR) is 33.7 cm³/mol. The number of rotatable bonds is 4. The normalized spacial score (nSPS) is 9.33. The van der Waals surface area contributed by atoms with Crippen LogP contribution in [0.25, 0.3) is 0 Å². The van der Waals surface area contributed by atoms with Crippen molar-refractivity contribution in [3.8, 4) is 0 Å². The summed E-state index contributed by atoms with van der Waals surface area (Å²) >= 11 is 0. The van der Waals surface area contributed by atoms with Crippen LogP contribution in [-0.4, -0.2) is 51.8 Å². The van der Waals surface area contributed by atoms with E-state index in [9.17, 15) is 10.2 Å². The Balaban J connectivity index is 0. The Morgan fingerprint density at radius 2 is 1.78 bits per heavy atom. The minimum Gasteiger partial charge on any atom is -0.865 e. The van der Waals surface area contributed by atoms with E-state index in [4.69, 9.17) is 0 Å². The third kappa shape index (κ3) is 12.6. The van der Waals surface area contributed by atoms with E-state index in [1.54, 1.807) is 0 Å². The molecule has 0 spiro atoms. The van der Waals surface area contributed by atoms with Gasteiger partial charge in [0.2, 0.25) is 0 Å². The van der Waals surface area contributed by atoms with Crippen molar-refractivity contribution in [2.45, 2.75) is 38.9 Å². The summed E-state index contributed by atoms with van der Waals surface area (Å²) in [6, 6.07) is 0. The fourth-order valence-electron chi connectivity index (χ4n) is 0.561. The van der Waals surface area contributed by atoms with Crippen LogP contribution in [0.5, 0.6) is 0 Å². The van der Waals surface area contributed by atoms with Crippen molar-refractivity contribution < 1.29 is 10.2 Å². The molecule has 0 unspecified atom stereocenters. The Kier molecular flexibility index (Phi) is 13.6. The maximum atomic E-state index is 9.85. The summed E-state index contributed by atoms with van der Waals surface area (Å²) in [6.07, 6.45) is 1.59. The molecule has 9 heavy (non-hydrogen) atoms. The van der Waals surface area contributed by atoms with Crippen LogP contribution in [0.3, 0.4) is 0 Å². The maximum absolute atomic E-state index is 9.85. The second kappa shape index (κ2) is 9.40. The van der Waals surface area contributed by atoms with Crippen LogP contribution in [0.4, 0.5) is 0 Å². The number of hydrogen-bond donors (Lipinski definition) is 0. The Morgan fingerprint density at radius 3 is 2.11 bits per heavy atom. The molecule has 0 bridgehead atoms. The Hall–Kier alpha value is 1.40. The van der Waals surface area contributed by atoms with Crippen LogP contribution in [0.1, 0.15) is 32.6 Å². The van der Waals surface area contributed by atoms with E-state index in [1.165, 1.54) is 0 Å². The van der Waals surface area contributed by atoms with Gasteiger partial charge in [0.25, 0.3) is 0 Å². The van der Waals surface area contributed by atoms with Gasteiger partial charge in [-0.15, -0.1) is 0 Å². The molecule has 0 amide bonds. The van der Waals surface area contributed by atoms with E-state index in [-0.39, 0.29) is 45.5 Å². The molecule has 50 valence electrons. The Labute approximate surface area is 93.5 Å². The van der Waals surface area contributed by atoms with Gasteiger partial charge in [-0.1, -0.05) is 32.6 Å². The van der Waals surface area contributed by atoms with Crippen molar-refractivity contribution in [2.24, 2.45) is 0 Å². The molecule has 0 rings (SSSR count). The van der Waals surface area contributed by atoms with Crippen molar-refractivity contribution in [1.29, 1.82) is 0 Å². The first kappa shape index (κ1) is 13.0. The summed E-state index contributed by atoms with van der Waals surface area (Å²) in [5, 5.41) is 19.7. The zero-order valence-corrected chi connectivity index (χ0v) is 9.41. The molecule has 0 fully saturated rings. The van der Waals surface area contributed by atoms with Gasteiger partial charge in [-0.25, -0.2) is 6.29 Å². The molecule has 0 saturated heterocycles. The average Bonchev–Trinajstić information content (AvgIpc) is 1.66. The summed E-state index contributed by atoms with van der Waals surface area (Å²) in [5.74, 6) is 0. The SMILES string of the molecule is CCCCCC([O-])[O-].[Sr+2]. The molecular weight excluding hydrogens is 192 g/mol. The van der Waals surface area contributed by atoms with Gasteiger partial charge in [0.05, 0.1) is 0 Å². The van der Waals surface area contributed by atoms with E-state index in [1.807, 2.05) is 6.92 Å². The molecular formula is C6H12O2Sr. The zero-order valence-electron chi connectivity index (χ0n) is 5.93. The van der Waals surface area contributed by atoms with Crippen LogP contribution >= 0.6 is 0 Å². The van der Waals surface area contributed by atoms with E-state index in [0.29, 0.717) is 6.42 Å². The summed E-state index contributed by atoms with van der Waals surface area (Å²) < 4.78 is 0. The van der Waals surface area contributed by atoms with Gasteiger partial charge < -0.3 is 10.2 Å². The molecule has 0 atom stereocenters. The standard InChI is InChI=1S/C6H12O2.Sr/c1-2-3-4-5-6(7)8;/h6H,2-5H2,1H3;/q-2;+2. The molecule has 0 aliphatic carbocycles. The summed E-state index contributed by atoms with van der Waals surface area (Å²) in [5.41, 5.74) is 0. The summed E-state index contributed by atoms with van der Waals surface area (Å²) in [6.45, 7) is 2.05. The zero-order chi connectivity index (χ0) is 6.41. The van der Waals surface area contributed by atoms with Gasteiger partial charge in [-0.2, -0.15) is 0 Å². The van der Waals surface area contributed by atoms with Gasteiger partial charge in [0.1, 0.15) is 0 Å². The molecule has 3 heteroatoms. The largest absolute Gasteiger partial charge is 2.00 e. The van der Waals surface area contributed by atoms with Crippen LogP contribution < -0.4 is 10.2 Å². The van der Waals surface area contributed by atoms with E-state index in [0.717, 1.165) is 19.3 Å². The fourth-order valence-corrected chi connectivity index (χ4v) is 0.561. The van der Waals surface area contributed by atoms with Crippen LogP contribution in [0, 0.1) is 0 Å². The van der Waals surface area contributed by atoms with Gasteiger partial charge in [-0.05, 0) is 0 Å². The quantitative estimate of drug-likeness (QED) is 0.343. The Morgan fingerprint density at radius 1 is 1.22 bits per heavy atom. The molecule has 0 aliphatic heterocycles. The van der Waals surface area contributed by atoms with Crippen LogP contribution in [0.2, 0.25) is 0 Å². The Bertz CT molecular complexity index is 48.3. The van der Waals surface area contributed by atoms with Crippen molar-refractivity contribution in [2.75, 3.05) is 0 Å². The first-order valence-corrected chi connectivity index (χ1v) is 3.09. The molecule has 0 aromatic carbocycles. The van der Waals surface area contributed by atoms with Gasteiger partial charge in [-0.3, -0.25) is 0 Å². The van der Waals surface area contributed by atoms with Crippen LogP contribution in [0.15, 0.2) is 0 Å². The molecule has 0 aromatic heterocycles. The molecule has 0 aromatic rings. The van der Waals surface area contributed by atoms with Crippen molar-refractivity contribution >= 4 is 45.5 Å². The summed E-state index contributed by atoms with van der Waals surface area (Å²) in [7, 11) is 0. The first-order chi connectivity index (χ1) is 3.77. The molecule has 0 N–H and O–H groups in total. The number of unbranched alkanes of at least 4 members (excludes halogenated alkanes) is 2. The molecule has 0 radical (unpaired) electrons. The van der Waals surface area contributed by atoms with Crippen molar-refractivity contribution in [3.05, 3.63) is 0 Å². The van der Waals surface area contributed by atoms with Crippen LogP contribution in [-0.2, 0) is 0 Å². The first-order valence-electron chi connectivity index (χ1n) is 3.09. The minimum absolute atomic E-state index is 0. The van der Waals surface area contributed by atoms with E-state index < -0.39 is 6.29 Å². The third-order valence-corrected chi connectivity index (χ3v) is 1.04. The van der Waals surface area contributed by atoms with Gasteiger partial charge in [0, 0.05) is 0 Å². The van der Waals surface area contributed by atoms with Gasteiger partial charge >= 0.3 is 45.5 Å². The summed E-state index contributed by atoms with van der Waals surface area (Å²) in [4.78, 5) is 0. The third-order valence-electron chi connectivity index (χ3n) is 1.04. The molecule has 0 heterocycles. The molecule has 0 aliphatic rings.